The van der Waals surface area contributed by atoms with Crippen molar-refractivity contribution in [3.63, 3.8) is 0 Å². The van der Waals surface area contributed by atoms with Crippen LogP contribution in [0.1, 0.15) is 0 Å². The smallest absolute Gasteiger partial charge is 0.261 e. The molecule has 0 spiro atoms. The van der Waals surface area contributed by atoms with E-state index in [1.807, 2.05) is 0 Å². The SMILES string of the molecule is O=S(=O)(Nc1ccc(Oc2ccc(Cl)cc2Cl)cc1)c1ccccc1. The topological polar surface area (TPSA) is 55.4 Å². The van der Waals surface area contributed by atoms with Crippen LogP contribution in [0.15, 0.2) is 77.7 Å². The number of benzene rings is 3. The second-order valence-electron chi connectivity index (χ2n) is 5.12. The summed E-state index contributed by atoms with van der Waals surface area (Å²) in [5, 5.41) is 0.907. The number of ether oxygens (including phenoxy) is 1. The summed E-state index contributed by atoms with van der Waals surface area (Å²) in [5.74, 6) is 0.982. The Balaban J connectivity index is 1.74. The van der Waals surface area contributed by atoms with E-state index in [-0.39, 0.29) is 4.90 Å². The van der Waals surface area contributed by atoms with E-state index in [1.54, 1.807) is 60.7 Å². The van der Waals surface area contributed by atoms with Crippen LogP contribution in [-0.2, 0) is 10.0 Å². The van der Waals surface area contributed by atoms with Crippen molar-refractivity contribution < 1.29 is 13.2 Å². The normalized spacial score (nSPS) is 11.1. The van der Waals surface area contributed by atoms with Gasteiger partial charge in [-0.2, -0.15) is 0 Å². The van der Waals surface area contributed by atoms with Gasteiger partial charge in [-0.15, -0.1) is 0 Å². The zero-order valence-electron chi connectivity index (χ0n) is 12.8. The van der Waals surface area contributed by atoms with Gasteiger partial charge in [0.1, 0.15) is 11.5 Å². The maximum Gasteiger partial charge on any atom is 0.261 e. The van der Waals surface area contributed by atoms with Crippen molar-refractivity contribution in [2.45, 2.75) is 4.90 Å². The van der Waals surface area contributed by atoms with Crippen molar-refractivity contribution in [2.24, 2.45) is 0 Å². The molecular weight excluding hydrogens is 381 g/mol. The van der Waals surface area contributed by atoms with Crippen LogP contribution in [0.3, 0.4) is 0 Å². The van der Waals surface area contributed by atoms with E-state index in [4.69, 9.17) is 27.9 Å². The van der Waals surface area contributed by atoms with Gasteiger partial charge < -0.3 is 4.74 Å². The molecule has 128 valence electrons. The van der Waals surface area contributed by atoms with E-state index in [0.29, 0.717) is 27.2 Å². The van der Waals surface area contributed by atoms with Crippen LogP contribution in [0.5, 0.6) is 11.5 Å². The van der Waals surface area contributed by atoms with Gasteiger partial charge in [0.15, 0.2) is 0 Å². The molecule has 0 heterocycles. The molecule has 3 aromatic carbocycles. The number of hydrogen-bond acceptors (Lipinski definition) is 3. The van der Waals surface area contributed by atoms with Gasteiger partial charge in [-0.3, -0.25) is 4.72 Å². The molecule has 0 aliphatic heterocycles. The van der Waals surface area contributed by atoms with Gasteiger partial charge >= 0.3 is 0 Å². The summed E-state index contributed by atoms with van der Waals surface area (Å²) in [6, 6.07) is 19.6. The first-order chi connectivity index (χ1) is 11.9. The molecule has 4 nitrogen and oxygen atoms in total. The van der Waals surface area contributed by atoms with Crippen LogP contribution < -0.4 is 9.46 Å². The molecule has 7 heteroatoms. The monoisotopic (exact) mass is 393 g/mol. The molecule has 3 rings (SSSR count). The minimum Gasteiger partial charge on any atom is -0.456 e. The van der Waals surface area contributed by atoms with Gasteiger partial charge in [-0.05, 0) is 54.6 Å². The maximum atomic E-state index is 12.3. The standard InChI is InChI=1S/C18H13Cl2NO3S/c19-13-6-11-18(17(20)12-13)24-15-9-7-14(8-10-15)21-25(22,23)16-4-2-1-3-5-16/h1-12,21H. The van der Waals surface area contributed by atoms with Gasteiger partial charge in [0.2, 0.25) is 0 Å². The second-order valence-corrected chi connectivity index (χ2v) is 7.65. The highest BCUT2D eigenvalue weighted by atomic mass is 35.5. The van der Waals surface area contributed by atoms with E-state index in [9.17, 15) is 8.42 Å². The van der Waals surface area contributed by atoms with Gasteiger partial charge in [0.25, 0.3) is 10.0 Å². The molecule has 0 unspecified atom stereocenters. The maximum absolute atomic E-state index is 12.3. The Morgan fingerprint density at radius 3 is 2.16 bits per heavy atom. The van der Waals surface area contributed by atoms with Crippen LogP contribution >= 0.6 is 23.2 Å². The van der Waals surface area contributed by atoms with Crippen molar-refractivity contribution in [1.29, 1.82) is 0 Å². The fraction of sp³-hybridized carbons (Fsp3) is 0. The third-order valence-electron chi connectivity index (χ3n) is 3.28. The van der Waals surface area contributed by atoms with Crippen molar-refractivity contribution in [1.82, 2.24) is 0 Å². The van der Waals surface area contributed by atoms with E-state index < -0.39 is 10.0 Å². The first-order valence-corrected chi connectivity index (χ1v) is 9.49. The van der Waals surface area contributed by atoms with Gasteiger partial charge in [-0.25, -0.2) is 8.42 Å². The van der Waals surface area contributed by atoms with Crippen LogP contribution in [0, 0.1) is 0 Å². The molecule has 0 bridgehead atoms. The van der Waals surface area contributed by atoms with Crippen LogP contribution in [0.4, 0.5) is 5.69 Å². The fourth-order valence-corrected chi connectivity index (χ4v) is 3.62. The number of sulfonamides is 1. The molecular formula is C18H13Cl2NO3S. The highest BCUT2D eigenvalue weighted by molar-refractivity contribution is 7.92. The van der Waals surface area contributed by atoms with E-state index in [1.165, 1.54) is 12.1 Å². The Kier molecular flexibility index (Phi) is 5.18. The summed E-state index contributed by atoms with van der Waals surface area (Å²) >= 11 is 11.9. The Morgan fingerprint density at radius 2 is 1.52 bits per heavy atom. The molecule has 0 aromatic heterocycles. The first kappa shape index (κ1) is 17.6. The van der Waals surface area contributed by atoms with Gasteiger partial charge in [-0.1, -0.05) is 41.4 Å². The van der Waals surface area contributed by atoms with Crippen molar-refractivity contribution >= 4 is 38.9 Å². The lowest BCUT2D eigenvalue weighted by Gasteiger charge is -2.10. The molecule has 0 aliphatic rings. The first-order valence-electron chi connectivity index (χ1n) is 7.25. The summed E-state index contributed by atoms with van der Waals surface area (Å²) in [5.41, 5.74) is 0.429. The summed E-state index contributed by atoms with van der Waals surface area (Å²) in [6.07, 6.45) is 0. The van der Waals surface area contributed by atoms with Crippen LogP contribution in [0.25, 0.3) is 0 Å². The zero-order valence-corrected chi connectivity index (χ0v) is 15.1. The predicted molar refractivity (Wildman–Crippen MR) is 100 cm³/mol. The molecule has 1 N–H and O–H groups in total. The minimum atomic E-state index is -3.62. The second kappa shape index (κ2) is 7.35. The highest BCUT2D eigenvalue weighted by Crippen LogP contribution is 2.32. The Hall–Kier alpha value is -2.21. The molecule has 0 fully saturated rings. The Bertz CT molecular complexity index is 975. The highest BCUT2D eigenvalue weighted by Gasteiger charge is 2.13. The Labute approximate surface area is 156 Å². The van der Waals surface area contributed by atoms with E-state index in [0.717, 1.165) is 0 Å². The largest absolute Gasteiger partial charge is 0.456 e. The number of rotatable bonds is 5. The fourth-order valence-electron chi connectivity index (χ4n) is 2.09. The summed E-state index contributed by atoms with van der Waals surface area (Å²) < 4.78 is 32.7. The molecule has 0 saturated carbocycles. The molecule has 0 radical (unpaired) electrons. The number of nitrogens with one attached hydrogen (secondary N) is 1. The molecule has 0 atom stereocenters. The minimum absolute atomic E-state index is 0.197. The average molecular weight is 394 g/mol. The van der Waals surface area contributed by atoms with E-state index >= 15 is 0 Å². The van der Waals surface area contributed by atoms with Crippen molar-refractivity contribution in [2.75, 3.05) is 4.72 Å². The van der Waals surface area contributed by atoms with Crippen molar-refractivity contribution in [3.8, 4) is 11.5 Å². The third-order valence-corrected chi connectivity index (χ3v) is 5.21. The van der Waals surface area contributed by atoms with Crippen LogP contribution in [-0.4, -0.2) is 8.42 Å². The molecule has 0 amide bonds. The third kappa shape index (κ3) is 4.45. The zero-order chi connectivity index (χ0) is 17.9. The Morgan fingerprint density at radius 1 is 0.840 bits per heavy atom. The summed E-state index contributed by atoms with van der Waals surface area (Å²) in [7, 11) is -3.62. The van der Waals surface area contributed by atoms with Gasteiger partial charge in [0.05, 0.1) is 9.92 Å². The quantitative estimate of drug-likeness (QED) is 0.614. The lowest BCUT2D eigenvalue weighted by Crippen LogP contribution is -2.12. The molecule has 25 heavy (non-hydrogen) atoms. The van der Waals surface area contributed by atoms with Crippen LogP contribution in [0.2, 0.25) is 10.0 Å². The molecule has 0 aliphatic carbocycles. The number of halogens is 2. The number of hydrogen-bond donors (Lipinski definition) is 1. The average Bonchev–Trinajstić information content (AvgIpc) is 2.59. The summed E-state index contributed by atoms with van der Waals surface area (Å²) in [6.45, 7) is 0. The lowest BCUT2D eigenvalue weighted by atomic mass is 10.3. The molecule has 0 saturated heterocycles. The predicted octanol–water partition coefficient (Wildman–Crippen LogP) is 5.59. The number of anilines is 1. The van der Waals surface area contributed by atoms with E-state index in [2.05, 4.69) is 4.72 Å². The summed E-state index contributed by atoms with van der Waals surface area (Å²) in [4.78, 5) is 0.197. The molecule has 3 aromatic rings. The van der Waals surface area contributed by atoms with Crippen molar-refractivity contribution in [3.05, 3.63) is 82.8 Å². The lowest BCUT2D eigenvalue weighted by molar-refractivity contribution is 0.483. The van der Waals surface area contributed by atoms with Gasteiger partial charge in [0, 0.05) is 10.7 Å².